The van der Waals surface area contributed by atoms with Gasteiger partial charge in [-0.3, -0.25) is 0 Å². The smallest absolute Gasteiger partial charge is 0.0704 e. The molecule has 0 aromatic rings. The van der Waals surface area contributed by atoms with Crippen molar-refractivity contribution in [2.75, 3.05) is 39.6 Å². The lowest BCUT2D eigenvalue weighted by Crippen LogP contribution is -2.51. The second-order valence-corrected chi connectivity index (χ2v) is 14.0. The Labute approximate surface area is 228 Å². The van der Waals surface area contributed by atoms with Gasteiger partial charge in [-0.25, -0.2) is 0 Å². The summed E-state index contributed by atoms with van der Waals surface area (Å²) < 4.78 is 17.1. The SMILES string of the molecule is CC(C)CCC[C@@H](C)[C@H]1CCC2C3CC=C4CC(OCCOCCOCCO)CC[C@]4(C)C3CC[C@@]21C. The van der Waals surface area contributed by atoms with E-state index in [0.29, 0.717) is 50.0 Å². The van der Waals surface area contributed by atoms with Crippen molar-refractivity contribution in [3.05, 3.63) is 11.6 Å². The molecule has 0 spiro atoms. The Bertz CT molecular complexity index is 734. The van der Waals surface area contributed by atoms with E-state index in [1.54, 1.807) is 5.57 Å². The summed E-state index contributed by atoms with van der Waals surface area (Å²) in [5.74, 6) is 5.39. The van der Waals surface area contributed by atoms with Crippen LogP contribution in [0, 0.1) is 46.3 Å². The van der Waals surface area contributed by atoms with Crippen molar-refractivity contribution in [1.29, 1.82) is 0 Å². The molecule has 4 nitrogen and oxygen atoms in total. The molecule has 3 saturated carbocycles. The lowest BCUT2D eigenvalue weighted by Gasteiger charge is -2.58. The van der Waals surface area contributed by atoms with Gasteiger partial charge in [0.2, 0.25) is 0 Å². The van der Waals surface area contributed by atoms with Crippen molar-refractivity contribution in [1.82, 2.24) is 0 Å². The largest absolute Gasteiger partial charge is 0.394 e. The van der Waals surface area contributed by atoms with Crippen LogP contribution in [0.2, 0.25) is 0 Å². The number of allylic oxidation sites excluding steroid dienone is 1. The van der Waals surface area contributed by atoms with Gasteiger partial charge < -0.3 is 19.3 Å². The van der Waals surface area contributed by atoms with E-state index in [1.165, 1.54) is 64.2 Å². The molecule has 4 aliphatic rings. The summed E-state index contributed by atoms with van der Waals surface area (Å²) >= 11 is 0. The first-order chi connectivity index (χ1) is 17.8. The lowest BCUT2D eigenvalue weighted by molar-refractivity contribution is -0.0690. The monoisotopic (exact) mass is 518 g/mol. The highest BCUT2D eigenvalue weighted by molar-refractivity contribution is 5.25. The van der Waals surface area contributed by atoms with Crippen molar-refractivity contribution in [3.63, 3.8) is 0 Å². The molecule has 0 aromatic heterocycles. The summed E-state index contributed by atoms with van der Waals surface area (Å²) in [4.78, 5) is 0. The Morgan fingerprint density at radius 3 is 2.41 bits per heavy atom. The van der Waals surface area contributed by atoms with Crippen molar-refractivity contribution in [3.8, 4) is 0 Å². The Morgan fingerprint density at radius 2 is 1.65 bits per heavy atom. The van der Waals surface area contributed by atoms with Crippen molar-refractivity contribution >= 4 is 0 Å². The highest BCUT2D eigenvalue weighted by Crippen LogP contribution is 2.67. The molecule has 3 fully saturated rings. The van der Waals surface area contributed by atoms with Crippen LogP contribution in [0.15, 0.2) is 11.6 Å². The molecule has 4 rings (SSSR count). The predicted molar refractivity (Wildman–Crippen MR) is 152 cm³/mol. The van der Waals surface area contributed by atoms with Crippen molar-refractivity contribution < 1.29 is 19.3 Å². The van der Waals surface area contributed by atoms with Crippen LogP contribution in [-0.2, 0) is 14.2 Å². The minimum Gasteiger partial charge on any atom is -0.394 e. The first-order valence-corrected chi connectivity index (χ1v) is 15.9. The number of ether oxygens (including phenoxy) is 3. The summed E-state index contributed by atoms with van der Waals surface area (Å²) in [5.41, 5.74) is 2.68. The minimum absolute atomic E-state index is 0.0689. The Balaban J connectivity index is 1.29. The molecule has 1 N–H and O–H groups in total. The molecule has 0 heterocycles. The maximum atomic E-state index is 8.75. The van der Waals surface area contributed by atoms with E-state index in [9.17, 15) is 0 Å². The molecule has 37 heavy (non-hydrogen) atoms. The van der Waals surface area contributed by atoms with Crippen LogP contribution in [0.25, 0.3) is 0 Å². The number of fused-ring (bicyclic) bond motifs is 5. The summed E-state index contributed by atoms with van der Waals surface area (Å²) in [7, 11) is 0. The fourth-order valence-electron chi connectivity index (χ4n) is 9.45. The number of hydrogen-bond acceptors (Lipinski definition) is 4. The zero-order valence-corrected chi connectivity index (χ0v) is 24.8. The molecule has 4 heteroatoms. The van der Waals surface area contributed by atoms with E-state index in [0.717, 1.165) is 41.9 Å². The predicted octanol–water partition coefficient (Wildman–Crippen LogP) is 7.44. The molecular weight excluding hydrogens is 460 g/mol. The molecular formula is C33H58O4. The third kappa shape index (κ3) is 6.67. The zero-order valence-electron chi connectivity index (χ0n) is 24.8. The Kier molecular flexibility index (Phi) is 10.6. The van der Waals surface area contributed by atoms with E-state index in [-0.39, 0.29) is 6.61 Å². The van der Waals surface area contributed by atoms with E-state index in [4.69, 9.17) is 19.3 Å². The van der Waals surface area contributed by atoms with Gasteiger partial charge in [-0.15, -0.1) is 0 Å². The van der Waals surface area contributed by atoms with Crippen LogP contribution in [-0.4, -0.2) is 50.9 Å². The summed E-state index contributed by atoms with van der Waals surface area (Å²) in [5, 5.41) is 8.75. The van der Waals surface area contributed by atoms with E-state index in [1.807, 2.05) is 0 Å². The third-order valence-electron chi connectivity index (χ3n) is 11.4. The molecule has 0 radical (unpaired) electrons. The summed E-state index contributed by atoms with van der Waals surface area (Å²) in [6, 6.07) is 0. The summed E-state index contributed by atoms with van der Waals surface area (Å²) in [6.45, 7) is 15.5. The van der Waals surface area contributed by atoms with E-state index in [2.05, 4.69) is 40.7 Å². The van der Waals surface area contributed by atoms with E-state index >= 15 is 0 Å². The number of aliphatic hydroxyl groups excluding tert-OH is 1. The van der Waals surface area contributed by atoms with Gasteiger partial charge in [0.1, 0.15) is 0 Å². The topological polar surface area (TPSA) is 47.9 Å². The first kappa shape index (κ1) is 29.6. The van der Waals surface area contributed by atoms with Crippen molar-refractivity contribution in [2.24, 2.45) is 46.3 Å². The maximum Gasteiger partial charge on any atom is 0.0704 e. The second-order valence-electron chi connectivity index (χ2n) is 14.0. The molecule has 0 amide bonds. The van der Waals surface area contributed by atoms with Crippen LogP contribution in [0.3, 0.4) is 0 Å². The van der Waals surface area contributed by atoms with Gasteiger partial charge in [0.05, 0.1) is 45.7 Å². The van der Waals surface area contributed by atoms with Gasteiger partial charge in [-0.1, -0.05) is 65.5 Å². The van der Waals surface area contributed by atoms with Gasteiger partial charge >= 0.3 is 0 Å². The van der Waals surface area contributed by atoms with E-state index < -0.39 is 0 Å². The molecule has 0 saturated heterocycles. The lowest BCUT2D eigenvalue weighted by atomic mass is 9.47. The van der Waals surface area contributed by atoms with Gasteiger partial charge in [0, 0.05) is 0 Å². The molecule has 214 valence electrons. The third-order valence-corrected chi connectivity index (χ3v) is 11.4. The molecule has 0 bridgehead atoms. The number of hydrogen-bond donors (Lipinski definition) is 1. The van der Waals surface area contributed by atoms with Gasteiger partial charge in [-0.2, -0.15) is 0 Å². The molecule has 0 aliphatic heterocycles. The van der Waals surface area contributed by atoms with Gasteiger partial charge in [0.15, 0.2) is 0 Å². The standard InChI is InChI=1S/C33H58O4/c1-24(2)7-6-8-25(3)29-11-12-30-28-10-9-26-23-27(37-22-21-36-20-19-35-18-17-34)13-15-32(26,4)31(28)14-16-33(29,30)5/h9,24-25,27-31,34H,6-8,10-23H2,1-5H3/t25-,27?,28?,29-,30?,31?,32+,33-/m1/s1. The number of rotatable bonds is 14. The van der Waals surface area contributed by atoms with Crippen LogP contribution >= 0.6 is 0 Å². The zero-order chi connectivity index (χ0) is 26.5. The van der Waals surface area contributed by atoms with Crippen molar-refractivity contribution in [2.45, 2.75) is 111 Å². The minimum atomic E-state index is 0.0689. The quantitative estimate of drug-likeness (QED) is 0.192. The number of aliphatic hydroxyl groups is 1. The maximum absolute atomic E-state index is 8.75. The van der Waals surface area contributed by atoms with Crippen LogP contribution in [0.5, 0.6) is 0 Å². The van der Waals surface area contributed by atoms with Gasteiger partial charge in [-0.05, 0) is 97.7 Å². The summed E-state index contributed by atoms with van der Waals surface area (Å²) in [6.07, 6.45) is 18.0. The van der Waals surface area contributed by atoms with Crippen LogP contribution < -0.4 is 0 Å². The molecule has 8 atom stereocenters. The second kappa shape index (κ2) is 13.3. The Hall–Kier alpha value is -0.420. The highest BCUT2D eigenvalue weighted by atomic mass is 16.5. The fraction of sp³-hybridized carbons (Fsp3) is 0.939. The molecule has 4 unspecified atom stereocenters. The van der Waals surface area contributed by atoms with Gasteiger partial charge in [0.25, 0.3) is 0 Å². The molecule has 4 aliphatic carbocycles. The normalized spacial score (nSPS) is 38.1. The first-order valence-electron chi connectivity index (χ1n) is 15.9. The highest BCUT2D eigenvalue weighted by Gasteiger charge is 2.59. The average Bonchev–Trinajstić information content (AvgIpc) is 3.22. The van der Waals surface area contributed by atoms with Crippen LogP contribution in [0.1, 0.15) is 105 Å². The Morgan fingerprint density at radius 1 is 0.892 bits per heavy atom. The fourth-order valence-corrected chi connectivity index (χ4v) is 9.45. The van der Waals surface area contributed by atoms with Crippen LogP contribution in [0.4, 0.5) is 0 Å². The average molecular weight is 519 g/mol. The molecule has 0 aromatic carbocycles.